The molecule has 0 aromatic heterocycles. The fourth-order valence-corrected chi connectivity index (χ4v) is 3.17. The second kappa shape index (κ2) is 14.6. The molecule has 6 nitrogen and oxygen atoms in total. The van der Waals surface area contributed by atoms with E-state index in [2.05, 4.69) is 20.5 Å². The van der Waals surface area contributed by atoms with E-state index in [0.29, 0.717) is 0 Å². The molecule has 3 aromatic rings. The fourth-order valence-electron chi connectivity index (χ4n) is 3.17. The molecule has 0 saturated carbocycles. The van der Waals surface area contributed by atoms with E-state index in [1.807, 2.05) is 78.9 Å². The molecular weight excluding hydrogens is 412 g/mol. The van der Waals surface area contributed by atoms with E-state index in [0.717, 1.165) is 54.6 Å². The lowest BCUT2D eigenvalue weighted by Gasteiger charge is -2.06. The maximum Gasteiger partial charge on any atom is 0.119 e. The molecule has 3 aromatic carbocycles. The van der Waals surface area contributed by atoms with E-state index in [1.165, 1.54) is 25.7 Å². The highest BCUT2D eigenvalue weighted by Gasteiger charge is 1.97. The Morgan fingerprint density at radius 2 is 0.909 bits per heavy atom. The van der Waals surface area contributed by atoms with Crippen LogP contribution in [0.1, 0.15) is 38.5 Å². The minimum Gasteiger partial charge on any atom is -0.494 e. The van der Waals surface area contributed by atoms with Crippen molar-refractivity contribution >= 4 is 22.7 Å². The highest BCUT2D eigenvalue weighted by molar-refractivity contribution is 5.48. The SMILES string of the molecule is COCCCCCCCCOc1ccc(N=Nc2ccc(N=Nc3ccccc3)cc2)cc1. The number of methoxy groups -OCH3 is 1. The van der Waals surface area contributed by atoms with E-state index >= 15 is 0 Å². The summed E-state index contributed by atoms with van der Waals surface area (Å²) in [6, 6.07) is 24.8. The van der Waals surface area contributed by atoms with Gasteiger partial charge in [0.2, 0.25) is 0 Å². The molecule has 0 atom stereocenters. The van der Waals surface area contributed by atoms with Crippen molar-refractivity contribution in [3.05, 3.63) is 78.9 Å². The van der Waals surface area contributed by atoms with Crippen molar-refractivity contribution in [2.24, 2.45) is 20.5 Å². The van der Waals surface area contributed by atoms with Crippen LogP contribution in [0.5, 0.6) is 5.75 Å². The van der Waals surface area contributed by atoms with E-state index < -0.39 is 0 Å². The van der Waals surface area contributed by atoms with Crippen LogP contribution in [-0.2, 0) is 4.74 Å². The lowest BCUT2D eigenvalue weighted by Crippen LogP contribution is -1.97. The topological polar surface area (TPSA) is 67.9 Å². The third-order valence-electron chi connectivity index (χ3n) is 5.02. The van der Waals surface area contributed by atoms with Gasteiger partial charge in [0.1, 0.15) is 5.75 Å². The Balaban J connectivity index is 1.37. The largest absolute Gasteiger partial charge is 0.494 e. The van der Waals surface area contributed by atoms with Crippen LogP contribution in [0, 0.1) is 0 Å². The monoisotopic (exact) mass is 444 g/mol. The number of hydrogen-bond donors (Lipinski definition) is 0. The summed E-state index contributed by atoms with van der Waals surface area (Å²) in [6.07, 6.45) is 7.20. The summed E-state index contributed by atoms with van der Waals surface area (Å²) in [5.74, 6) is 0.863. The van der Waals surface area contributed by atoms with E-state index in [9.17, 15) is 0 Å². The lowest BCUT2D eigenvalue weighted by atomic mass is 10.1. The van der Waals surface area contributed by atoms with Crippen molar-refractivity contribution in [1.29, 1.82) is 0 Å². The Kier molecular flexibility index (Phi) is 10.8. The number of ether oxygens (including phenoxy) is 2. The first-order valence-electron chi connectivity index (χ1n) is 11.5. The van der Waals surface area contributed by atoms with E-state index in [-0.39, 0.29) is 0 Å². The quantitative estimate of drug-likeness (QED) is 0.184. The first-order chi connectivity index (χ1) is 16.3. The minimum atomic E-state index is 0.743. The minimum absolute atomic E-state index is 0.743. The molecular formula is C27H32N4O2. The van der Waals surface area contributed by atoms with Crippen LogP contribution in [0.3, 0.4) is 0 Å². The molecule has 0 radical (unpaired) electrons. The van der Waals surface area contributed by atoms with Gasteiger partial charge in [-0.05, 0) is 73.5 Å². The van der Waals surface area contributed by atoms with Gasteiger partial charge in [-0.25, -0.2) is 0 Å². The van der Waals surface area contributed by atoms with Gasteiger partial charge in [0.25, 0.3) is 0 Å². The van der Waals surface area contributed by atoms with Crippen molar-refractivity contribution in [2.45, 2.75) is 38.5 Å². The summed E-state index contributed by atoms with van der Waals surface area (Å²) in [4.78, 5) is 0. The molecule has 6 heteroatoms. The number of hydrogen-bond acceptors (Lipinski definition) is 6. The molecule has 0 aliphatic heterocycles. The van der Waals surface area contributed by atoms with E-state index in [4.69, 9.17) is 9.47 Å². The predicted molar refractivity (Wildman–Crippen MR) is 133 cm³/mol. The number of benzene rings is 3. The van der Waals surface area contributed by atoms with Gasteiger partial charge in [-0.1, -0.05) is 43.9 Å². The maximum absolute atomic E-state index is 5.83. The smallest absolute Gasteiger partial charge is 0.119 e. The third-order valence-corrected chi connectivity index (χ3v) is 5.02. The first kappa shape index (κ1) is 24.3. The summed E-state index contributed by atoms with van der Waals surface area (Å²) in [5.41, 5.74) is 3.13. The Bertz CT molecular complexity index is 971. The maximum atomic E-state index is 5.83. The lowest BCUT2D eigenvalue weighted by molar-refractivity contribution is 0.191. The van der Waals surface area contributed by atoms with Gasteiger partial charge in [0.05, 0.1) is 29.4 Å². The van der Waals surface area contributed by atoms with Crippen molar-refractivity contribution in [3.8, 4) is 5.75 Å². The molecule has 172 valence electrons. The molecule has 0 unspecified atom stereocenters. The van der Waals surface area contributed by atoms with Crippen molar-refractivity contribution in [3.63, 3.8) is 0 Å². The van der Waals surface area contributed by atoms with Crippen LogP contribution >= 0.6 is 0 Å². The molecule has 0 saturated heterocycles. The molecule has 3 rings (SSSR count). The molecule has 33 heavy (non-hydrogen) atoms. The first-order valence-corrected chi connectivity index (χ1v) is 11.5. The number of unbranched alkanes of at least 4 members (excludes halogenated alkanes) is 5. The Hall–Kier alpha value is -3.38. The molecule has 0 N–H and O–H groups in total. The Morgan fingerprint density at radius 1 is 0.485 bits per heavy atom. The van der Waals surface area contributed by atoms with Crippen LogP contribution in [0.25, 0.3) is 0 Å². The van der Waals surface area contributed by atoms with Crippen LogP contribution in [0.4, 0.5) is 22.7 Å². The van der Waals surface area contributed by atoms with Gasteiger partial charge in [-0.3, -0.25) is 0 Å². The summed E-state index contributed by atoms with van der Waals surface area (Å²) in [7, 11) is 1.76. The summed E-state index contributed by atoms with van der Waals surface area (Å²) in [6.45, 7) is 1.61. The predicted octanol–water partition coefficient (Wildman–Crippen LogP) is 8.88. The van der Waals surface area contributed by atoms with Crippen LogP contribution < -0.4 is 4.74 Å². The van der Waals surface area contributed by atoms with Gasteiger partial charge in [-0.2, -0.15) is 20.5 Å². The molecule has 0 fully saturated rings. The average Bonchev–Trinajstić information content (AvgIpc) is 2.87. The third kappa shape index (κ3) is 9.74. The van der Waals surface area contributed by atoms with Crippen molar-refractivity contribution in [2.75, 3.05) is 20.3 Å². The summed E-state index contributed by atoms with van der Waals surface area (Å²) in [5, 5.41) is 17.0. The van der Waals surface area contributed by atoms with Gasteiger partial charge in [0, 0.05) is 13.7 Å². The number of azo groups is 2. The van der Waals surface area contributed by atoms with Crippen molar-refractivity contribution in [1.82, 2.24) is 0 Å². The average molecular weight is 445 g/mol. The number of nitrogens with zero attached hydrogens (tertiary/aromatic N) is 4. The van der Waals surface area contributed by atoms with Gasteiger partial charge in [0.15, 0.2) is 0 Å². The molecule has 0 aliphatic rings. The fraction of sp³-hybridized carbons (Fsp3) is 0.333. The standard InChI is InChI=1S/C27H32N4O2/c1-32-21-9-4-2-3-5-10-22-33-27-19-17-26(18-20-27)31-30-25-15-13-24(14-16-25)29-28-23-11-7-6-8-12-23/h6-8,11-20H,2-5,9-10,21-22H2,1H3. The second-order valence-electron chi connectivity index (χ2n) is 7.71. The van der Waals surface area contributed by atoms with Crippen LogP contribution in [0.15, 0.2) is 99.3 Å². The zero-order chi connectivity index (χ0) is 23.0. The van der Waals surface area contributed by atoms with Crippen LogP contribution in [-0.4, -0.2) is 20.3 Å². The van der Waals surface area contributed by atoms with Gasteiger partial charge >= 0.3 is 0 Å². The number of rotatable bonds is 14. The normalized spacial score (nSPS) is 11.4. The molecule has 0 bridgehead atoms. The van der Waals surface area contributed by atoms with E-state index in [1.54, 1.807) is 7.11 Å². The summed E-state index contributed by atoms with van der Waals surface area (Å²) < 4.78 is 10.9. The van der Waals surface area contributed by atoms with Crippen molar-refractivity contribution < 1.29 is 9.47 Å². The molecule has 0 spiro atoms. The Morgan fingerprint density at radius 3 is 1.42 bits per heavy atom. The zero-order valence-electron chi connectivity index (χ0n) is 19.3. The van der Waals surface area contributed by atoms with Crippen LogP contribution in [0.2, 0.25) is 0 Å². The zero-order valence-corrected chi connectivity index (χ0v) is 19.3. The Labute approximate surface area is 196 Å². The second-order valence-corrected chi connectivity index (χ2v) is 7.71. The molecule has 0 aliphatic carbocycles. The van der Waals surface area contributed by atoms with Gasteiger partial charge in [-0.15, -0.1) is 0 Å². The summed E-state index contributed by atoms with van der Waals surface area (Å²) >= 11 is 0. The molecule has 0 heterocycles. The van der Waals surface area contributed by atoms with Gasteiger partial charge < -0.3 is 9.47 Å². The highest BCUT2D eigenvalue weighted by atomic mass is 16.5. The highest BCUT2D eigenvalue weighted by Crippen LogP contribution is 2.24. The molecule has 0 amide bonds.